The number of benzene rings is 3. The van der Waals surface area contributed by atoms with Crippen LogP contribution in [0.1, 0.15) is 61.8 Å². The Hall–Kier alpha value is -3.39. The molecular weight excluding hydrogens is 414 g/mol. The van der Waals surface area contributed by atoms with E-state index < -0.39 is 5.41 Å². The van der Waals surface area contributed by atoms with Gasteiger partial charge in [0.2, 0.25) is 0 Å². The van der Waals surface area contributed by atoms with Gasteiger partial charge in [0.25, 0.3) is 0 Å². The van der Waals surface area contributed by atoms with Crippen LogP contribution in [-0.2, 0) is 18.3 Å². The first kappa shape index (κ1) is 22.4. The minimum Gasteiger partial charge on any atom is -0.453 e. The number of unbranched alkanes of at least 4 members (excludes halogenated alkanes) is 2. The number of hydrogen-bond acceptors (Lipinski definition) is 2. The van der Waals surface area contributed by atoms with E-state index in [0.29, 0.717) is 0 Å². The molecule has 0 N–H and O–H groups in total. The van der Waals surface area contributed by atoms with Gasteiger partial charge in [0.1, 0.15) is 11.4 Å². The maximum Gasteiger partial charge on any atom is 0.153 e. The van der Waals surface area contributed by atoms with Crippen LogP contribution < -0.4 is 4.74 Å². The van der Waals surface area contributed by atoms with Gasteiger partial charge < -0.3 is 4.74 Å². The molecule has 5 rings (SSSR count). The second-order valence-corrected chi connectivity index (χ2v) is 9.38. The van der Waals surface area contributed by atoms with Crippen LogP contribution in [0.25, 0.3) is 0 Å². The molecule has 34 heavy (non-hydrogen) atoms. The van der Waals surface area contributed by atoms with E-state index >= 15 is 0 Å². The molecule has 0 fully saturated rings. The van der Waals surface area contributed by atoms with Crippen LogP contribution in [0.3, 0.4) is 0 Å². The lowest BCUT2D eigenvalue weighted by Crippen LogP contribution is -2.29. The van der Waals surface area contributed by atoms with Crippen LogP contribution in [0, 0.1) is 0 Å². The number of aliphatic imine (C=N–C) groups is 1. The normalized spacial score (nSPS) is 15.6. The summed E-state index contributed by atoms with van der Waals surface area (Å²) in [7, 11) is 0. The molecule has 3 aromatic carbocycles. The Balaban J connectivity index is 1.57. The fourth-order valence-corrected chi connectivity index (χ4v) is 4.86. The summed E-state index contributed by atoms with van der Waals surface area (Å²) in [6, 6.07) is 26.3. The van der Waals surface area contributed by atoms with Crippen LogP contribution in [0.4, 0.5) is 5.69 Å². The molecule has 0 saturated carbocycles. The van der Waals surface area contributed by atoms with Gasteiger partial charge in [-0.1, -0.05) is 93.4 Å². The number of nitrogens with zero attached hydrogens (tertiary/aromatic N) is 1. The minimum atomic E-state index is -0.396. The van der Waals surface area contributed by atoms with Gasteiger partial charge in [-0.3, -0.25) is 0 Å². The zero-order chi connectivity index (χ0) is 23.4. The highest BCUT2D eigenvalue weighted by molar-refractivity contribution is 6.11. The summed E-state index contributed by atoms with van der Waals surface area (Å²) in [6.07, 6.45) is 13.8. The largest absolute Gasteiger partial charge is 0.453 e. The Morgan fingerprint density at radius 1 is 0.735 bits per heavy atom. The molecule has 0 amide bonds. The number of fused-ring (bicyclic) bond motifs is 2. The molecule has 0 unspecified atom stereocenters. The molecule has 2 heteroatoms. The monoisotopic (exact) mass is 447 g/mol. The van der Waals surface area contributed by atoms with Gasteiger partial charge in [0.15, 0.2) is 11.5 Å². The quantitative estimate of drug-likeness (QED) is 0.340. The van der Waals surface area contributed by atoms with E-state index in [2.05, 4.69) is 80.6 Å². The van der Waals surface area contributed by atoms with Crippen molar-refractivity contribution in [2.45, 2.75) is 57.8 Å². The van der Waals surface area contributed by atoms with Crippen molar-refractivity contribution in [1.82, 2.24) is 0 Å². The fraction of sp³-hybridized carbons (Fsp3) is 0.281. The first-order chi connectivity index (χ1) is 16.7. The second-order valence-electron chi connectivity index (χ2n) is 9.38. The van der Waals surface area contributed by atoms with Crippen LogP contribution in [0.5, 0.6) is 5.75 Å². The van der Waals surface area contributed by atoms with Crippen molar-refractivity contribution in [2.75, 3.05) is 0 Å². The van der Waals surface area contributed by atoms with Gasteiger partial charge in [-0.25, -0.2) is 4.99 Å². The molecule has 0 spiro atoms. The average Bonchev–Trinajstić information content (AvgIpc) is 2.90. The van der Waals surface area contributed by atoms with Crippen LogP contribution in [-0.4, -0.2) is 5.71 Å². The van der Waals surface area contributed by atoms with Gasteiger partial charge in [-0.15, -0.1) is 0 Å². The summed E-state index contributed by atoms with van der Waals surface area (Å²) in [6.45, 7) is 4.49. The summed E-state index contributed by atoms with van der Waals surface area (Å²) in [5.41, 5.74) is 6.66. The fourth-order valence-electron chi connectivity index (χ4n) is 4.86. The molecule has 0 aromatic heterocycles. The standard InChI is InChI=1S/C32H33NO/c1-3-5-9-24-13-17-26(18-14-24)32(27-19-15-25(16-20-27)10-6-4-2)22-21-29-31(23-32)34-30-12-8-7-11-28(30)33-29/h7-8,11-23H,3-6,9-10H2,1-2H3. The number of rotatable bonds is 8. The molecule has 0 saturated heterocycles. The number of aryl methyl sites for hydroxylation is 2. The molecule has 1 heterocycles. The SMILES string of the molecule is CCCCc1ccc(C2(c3ccc(CCCC)cc3)C=CC3=Nc4ccccc4OC3=C2)cc1. The molecule has 1 aliphatic heterocycles. The smallest absolute Gasteiger partial charge is 0.153 e. The first-order valence-electron chi connectivity index (χ1n) is 12.7. The summed E-state index contributed by atoms with van der Waals surface area (Å²) < 4.78 is 6.37. The van der Waals surface area contributed by atoms with Crippen molar-refractivity contribution in [2.24, 2.45) is 4.99 Å². The lowest BCUT2D eigenvalue weighted by atomic mass is 9.71. The van der Waals surface area contributed by atoms with E-state index in [-0.39, 0.29) is 0 Å². The molecule has 3 aromatic rings. The minimum absolute atomic E-state index is 0.396. The molecular formula is C32H33NO. The number of para-hydroxylation sites is 2. The third-order valence-electron chi connectivity index (χ3n) is 6.94. The Morgan fingerprint density at radius 2 is 1.32 bits per heavy atom. The molecule has 2 aliphatic rings. The summed E-state index contributed by atoms with van der Waals surface area (Å²) in [4.78, 5) is 4.85. The maximum absolute atomic E-state index is 6.37. The third kappa shape index (κ3) is 4.37. The lowest BCUT2D eigenvalue weighted by Gasteiger charge is -2.34. The lowest BCUT2D eigenvalue weighted by molar-refractivity contribution is 0.443. The zero-order valence-corrected chi connectivity index (χ0v) is 20.3. The van der Waals surface area contributed by atoms with Gasteiger partial charge in [-0.2, -0.15) is 0 Å². The van der Waals surface area contributed by atoms with Crippen molar-refractivity contribution in [3.05, 3.63) is 119 Å². The van der Waals surface area contributed by atoms with Crippen molar-refractivity contribution >= 4 is 11.4 Å². The Labute approximate surface area is 203 Å². The summed E-state index contributed by atoms with van der Waals surface area (Å²) in [5, 5.41) is 0. The van der Waals surface area contributed by atoms with Crippen molar-refractivity contribution in [1.29, 1.82) is 0 Å². The molecule has 1 aliphatic carbocycles. The summed E-state index contributed by atoms with van der Waals surface area (Å²) >= 11 is 0. The molecule has 0 atom stereocenters. The highest BCUT2D eigenvalue weighted by atomic mass is 16.5. The van der Waals surface area contributed by atoms with E-state index in [9.17, 15) is 0 Å². The topological polar surface area (TPSA) is 21.6 Å². The van der Waals surface area contributed by atoms with Gasteiger partial charge in [0.05, 0.1) is 5.41 Å². The molecule has 2 nitrogen and oxygen atoms in total. The number of hydrogen-bond donors (Lipinski definition) is 0. The first-order valence-corrected chi connectivity index (χ1v) is 12.7. The van der Waals surface area contributed by atoms with E-state index in [1.165, 1.54) is 47.9 Å². The van der Waals surface area contributed by atoms with Crippen LogP contribution in [0.15, 0.2) is 102 Å². The molecule has 172 valence electrons. The zero-order valence-electron chi connectivity index (χ0n) is 20.3. The van der Waals surface area contributed by atoms with Gasteiger partial charge >= 0.3 is 0 Å². The predicted molar refractivity (Wildman–Crippen MR) is 142 cm³/mol. The van der Waals surface area contributed by atoms with E-state index in [1.54, 1.807) is 0 Å². The van der Waals surface area contributed by atoms with Gasteiger partial charge in [-0.05, 0) is 72.2 Å². The number of ether oxygens (including phenoxy) is 1. The molecule has 0 radical (unpaired) electrons. The Morgan fingerprint density at radius 3 is 1.91 bits per heavy atom. The maximum atomic E-state index is 6.37. The van der Waals surface area contributed by atoms with E-state index in [1.807, 2.05) is 24.3 Å². The van der Waals surface area contributed by atoms with Crippen molar-refractivity contribution in [3.8, 4) is 5.75 Å². The molecule has 0 bridgehead atoms. The predicted octanol–water partition coefficient (Wildman–Crippen LogP) is 8.28. The Kier molecular flexibility index (Phi) is 6.49. The second kappa shape index (κ2) is 9.85. The van der Waals surface area contributed by atoms with Crippen LogP contribution in [0.2, 0.25) is 0 Å². The van der Waals surface area contributed by atoms with Crippen molar-refractivity contribution in [3.63, 3.8) is 0 Å². The highest BCUT2D eigenvalue weighted by Gasteiger charge is 2.35. The Bertz CT molecular complexity index is 1180. The van der Waals surface area contributed by atoms with Crippen LogP contribution >= 0.6 is 0 Å². The third-order valence-corrected chi connectivity index (χ3v) is 6.94. The van der Waals surface area contributed by atoms with E-state index in [4.69, 9.17) is 9.73 Å². The van der Waals surface area contributed by atoms with Crippen molar-refractivity contribution < 1.29 is 4.74 Å². The average molecular weight is 448 g/mol. The van der Waals surface area contributed by atoms with Gasteiger partial charge in [0, 0.05) is 0 Å². The highest BCUT2D eigenvalue weighted by Crippen LogP contribution is 2.42. The summed E-state index contributed by atoms with van der Waals surface area (Å²) in [5.74, 6) is 1.64. The van der Waals surface area contributed by atoms with E-state index in [0.717, 1.165) is 35.7 Å². The number of allylic oxidation sites excluding steroid dienone is 3.